The Kier molecular flexibility index (Phi) is 15.5. The minimum absolute atomic E-state index is 0. The van der Waals surface area contributed by atoms with Crippen LogP contribution in [0.25, 0.3) is 0 Å². The first kappa shape index (κ1) is 26.0. The van der Waals surface area contributed by atoms with E-state index in [9.17, 15) is 0 Å². The van der Waals surface area contributed by atoms with Crippen LogP contribution in [-0.2, 0) is 9.47 Å². The maximum Gasteiger partial charge on any atom is 0.193 e. The van der Waals surface area contributed by atoms with E-state index in [4.69, 9.17) is 14.5 Å². The van der Waals surface area contributed by atoms with Gasteiger partial charge in [-0.15, -0.1) is 24.0 Å². The highest BCUT2D eigenvalue weighted by Gasteiger charge is 2.15. The fourth-order valence-corrected chi connectivity index (χ4v) is 4.04. The molecule has 0 aromatic heterocycles. The predicted octanol–water partition coefficient (Wildman–Crippen LogP) is 4.84. The average molecular weight is 510 g/mol. The van der Waals surface area contributed by atoms with Crippen LogP contribution in [0, 0.1) is 5.92 Å². The van der Waals surface area contributed by atoms with Crippen molar-refractivity contribution in [3.63, 3.8) is 0 Å². The van der Waals surface area contributed by atoms with Crippen molar-refractivity contribution in [1.82, 2.24) is 10.2 Å². The van der Waals surface area contributed by atoms with Gasteiger partial charge in [0.1, 0.15) is 0 Å². The molecule has 1 aliphatic carbocycles. The standard InChI is InChI=1S/C22H43N3O2.HI/c1-3-23-22(25(2)16-12-20-13-18-26-19-14-20)24-15-8-5-9-17-27-21-10-6-4-7-11-21;/h20-21H,3-19H2,1-2H3,(H,23,24);1H. The molecule has 0 amide bonds. The summed E-state index contributed by atoms with van der Waals surface area (Å²) < 4.78 is 11.5. The molecule has 0 radical (unpaired) electrons. The summed E-state index contributed by atoms with van der Waals surface area (Å²) in [6.45, 7) is 7.86. The van der Waals surface area contributed by atoms with Gasteiger partial charge in [0.25, 0.3) is 0 Å². The summed E-state index contributed by atoms with van der Waals surface area (Å²) in [6.07, 6.45) is 14.4. The summed E-state index contributed by atoms with van der Waals surface area (Å²) >= 11 is 0. The molecule has 6 heteroatoms. The molecule has 1 heterocycles. The highest BCUT2D eigenvalue weighted by atomic mass is 127. The summed E-state index contributed by atoms with van der Waals surface area (Å²) in [4.78, 5) is 7.13. The lowest BCUT2D eigenvalue weighted by molar-refractivity contribution is 0.0264. The van der Waals surface area contributed by atoms with E-state index in [1.165, 1.54) is 64.2 Å². The van der Waals surface area contributed by atoms with Gasteiger partial charge in [0.05, 0.1) is 6.10 Å². The first-order valence-electron chi connectivity index (χ1n) is 11.5. The second-order valence-electron chi connectivity index (χ2n) is 8.19. The van der Waals surface area contributed by atoms with Gasteiger partial charge >= 0.3 is 0 Å². The average Bonchev–Trinajstić information content (AvgIpc) is 2.72. The van der Waals surface area contributed by atoms with Crippen molar-refractivity contribution in [2.75, 3.05) is 46.5 Å². The van der Waals surface area contributed by atoms with Crippen molar-refractivity contribution in [2.45, 2.75) is 83.7 Å². The minimum atomic E-state index is 0. The fraction of sp³-hybridized carbons (Fsp3) is 0.955. The monoisotopic (exact) mass is 509 g/mol. The van der Waals surface area contributed by atoms with Crippen LogP contribution in [0.4, 0.5) is 0 Å². The lowest BCUT2D eigenvalue weighted by Gasteiger charge is -2.26. The SMILES string of the molecule is CCNC(=NCCCCCOC1CCCCC1)N(C)CCC1CCOCC1.I. The van der Waals surface area contributed by atoms with Gasteiger partial charge in [0, 0.05) is 46.5 Å². The summed E-state index contributed by atoms with van der Waals surface area (Å²) in [6, 6.07) is 0. The Morgan fingerprint density at radius 3 is 2.54 bits per heavy atom. The van der Waals surface area contributed by atoms with Crippen LogP contribution in [0.15, 0.2) is 4.99 Å². The Labute approximate surface area is 190 Å². The number of ether oxygens (including phenoxy) is 2. The lowest BCUT2D eigenvalue weighted by Crippen LogP contribution is -2.40. The third kappa shape index (κ3) is 11.2. The zero-order valence-electron chi connectivity index (χ0n) is 18.3. The van der Waals surface area contributed by atoms with Crippen LogP contribution < -0.4 is 5.32 Å². The van der Waals surface area contributed by atoms with Crippen molar-refractivity contribution in [1.29, 1.82) is 0 Å². The van der Waals surface area contributed by atoms with Crippen LogP contribution in [0.5, 0.6) is 0 Å². The maximum atomic E-state index is 6.01. The van der Waals surface area contributed by atoms with E-state index in [-0.39, 0.29) is 24.0 Å². The Hall–Kier alpha value is -0.0800. The van der Waals surface area contributed by atoms with E-state index >= 15 is 0 Å². The number of nitrogens with zero attached hydrogens (tertiary/aromatic N) is 2. The Balaban J connectivity index is 0.00000392. The summed E-state index contributed by atoms with van der Waals surface area (Å²) in [5.41, 5.74) is 0. The molecule has 0 bridgehead atoms. The molecule has 166 valence electrons. The molecule has 0 spiro atoms. The van der Waals surface area contributed by atoms with E-state index in [0.29, 0.717) is 6.10 Å². The van der Waals surface area contributed by atoms with Crippen molar-refractivity contribution < 1.29 is 9.47 Å². The number of rotatable bonds is 11. The van der Waals surface area contributed by atoms with Gasteiger partial charge in [0.2, 0.25) is 0 Å². The molecule has 0 atom stereocenters. The smallest absolute Gasteiger partial charge is 0.193 e. The topological polar surface area (TPSA) is 46.1 Å². The van der Waals surface area contributed by atoms with E-state index in [1.54, 1.807) is 0 Å². The summed E-state index contributed by atoms with van der Waals surface area (Å²) in [7, 11) is 2.17. The predicted molar refractivity (Wildman–Crippen MR) is 129 cm³/mol. The van der Waals surface area contributed by atoms with Gasteiger partial charge in [0.15, 0.2) is 5.96 Å². The van der Waals surface area contributed by atoms with E-state index in [1.807, 2.05) is 0 Å². The van der Waals surface area contributed by atoms with E-state index < -0.39 is 0 Å². The van der Waals surface area contributed by atoms with E-state index in [2.05, 4.69) is 24.2 Å². The van der Waals surface area contributed by atoms with Gasteiger partial charge in [-0.3, -0.25) is 4.99 Å². The first-order chi connectivity index (χ1) is 13.3. The number of hydrogen-bond donors (Lipinski definition) is 1. The van der Waals surface area contributed by atoms with E-state index in [0.717, 1.165) is 57.8 Å². The molecule has 2 aliphatic rings. The molecule has 5 nitrogen and oxygen atoms in total. The number of unbranched alkanes of at least 4 members (excludes halogenated alkanes) is 2. The molecule has 1 saturated heterocycles. The number of hydrogen-bond acceptors (Lipinski definition) is 3. The first-order valence-corrected chi connectivity index (χ1v) is 11.5. The molecule has 0 aromatic rings. The van der Waals surface area contributed by atoms with Gasteiger partial charge in [-0.05, 0) is 64.2 Å². The second-order valence-corrected chi connectivity index (χ2v) is 8.19. The summed E-state index contributed by atoms with van der Waals surface area (Å²) in [5.74, 6) is 1.87. The number of nitrogens with one attached hydrogen (secondary N) is 1. The molecule has 0 aromatic carbocycles. The molecular weight excluding hydrogens is 465 g/mol. The molecule has 1 N–H and O–H groups in total. The Morgan fingerprint density at radius 1 is 1.07 bits per heavy atom. The molecular formula is C22H44IN3O2. The molecule has 0 unspecified atom stereocenters. The van der Waals surface area contributed by atoms with Gasteiger partial charge in [-0.2, -0.15) is 0 Å². The largest absolute Gasteiger partial charge is 0.381 e. The molecule has 2 fully saturated rings. The van der Waals surface area contributed by atoms with Crippen LogP contribution in [-0.4, -0.2) is 63.5 Å². The van der Waals surface area contributed by atoms with Crippen LogP contribution in [0.3, 0.4) is 0 Å². The summed E-state index contributed by atoms with van der Waals surface area (Å²) in [5, 5.41) is 3.44. The van der Waals surface area contributed by atoms with Crippen LogP contribution in [0.2, 0.25) is 0 Å². The van der Waals surface area contributed by atoms with Crippen molar-refractivity contribution >= 4 is 29.9 Å². The maximum absolute atomic E-state index is 6.01. The molecule has 1 aliphatic heterocycles. The molecule has 28 heavy (non-hydrogen) atoms. The fourth-order valence-electron chi connectivity index (χ4n) is 4.04. The second kappa shape index (κ2) is 16.7. The third-order valence-electron chi connectivity index (χ3n) is 5.88. The van der Waals surface area contributed by atoms with Crippen molar-refractivity contribution in [3.8, 4) is 0 Å². The highest BCUT2D eigenvalue weighted by molar-refractivity contribution is 14.0. The Morgan fingerprint density at radius 2 is 1.82 bits per heavy atom. The number of halogens is 1. The van der Waals surface area contributed by atoms with Crippen LogP contribution >= 0.6 is 24.0 Å². The third-order valence-corrected chi connectivity index (χ3v) is 5.88. The van der Waals surface area contributed by atoms with Gasteiger partial charge in [-0.25, -0.2) is 0 Å². The van der Waals surface area contributed by atoms with Crippen LogP contribution in [0.1, 0.15) is 77.6 Å². The lowest BCUT2D eigenvalue weighted by atomic mass is 9.96. The normalized spacial score (nSPS) is 19.3. The highest BCUT2D eigenvalue weighted by Crippen LogP contribution is 2.20. The van der Waals surface area contributed by atoms with Gasteiger partial charge < -0.3 is 19.7 Å². The van der Waals surface area contributed by atoms with Crippen molar-refractivity contribution in [3.05, 3.63) is 0 Å². The zero-order chi connectivity index (χ0) is 19.2. The number of aliphatic imine (C=N–C) groups is 1. The molecule has 2 rings (SSSR count). The van der Waals surface area contributed by atoms with Crippen molar-refractivity contribution in [2.24, 2.45) is 10.9 Å². The minimum Gasteiger partial charge on any atom is -0.381 e. The number of guanidine groups is 1. The Bertz CT molecular complexity index is 397. The van der Waals surface area contributed by atoms with Gasteiger partial charge in [-0.1, -0.05) is 19.3 Å². The molecule has 1 saturated carbocycles. The quantitative estimate of drug-likeness (QED) is 0.188. The zero-order valence-corrected chi connectivity index (χ0v) is 20.6.